The maximum atomic E-state index is 12.1. The van der Waals surface area contributed by atoms with E-state index in [4.69, 9.17) is 4.74 Å². The molecule has 0 bridgehead atoms. The van der Waals surface area contributed by atoms with E-state index in [9.17, 15) is 4.79 Å². The quantitative estimate of drug-likeness (QED) is 0.814. The van der Waals surface area contributed by atoms with E-state index in [1.807, 2.05) is 6.92 Å². The van der Waals surface area contributed by atoms with Crippen molar-refractivity contribution in [3.63, 3.8) is 0 Å². The summed E-state index contributed by atoms with van der Waals surface area (Å²) in [6.45, 7) is 6.42. The van der Waals surface area contributed by atoms with Crippen LogP contribution >= 0.6 is 0 Å². The molecular formula is C16H27N3O2. The van der Waals surface area contributed by atoms with Crippen molar-refractivity contribution in [1.82, 2.24) is 15.2 Å². The van der Waals surface area contributed by atoms with Crippen LogP contribution in [0.2, 0.25) is 0 Å². The van der Waals surface area contributed by atoms with Gasteiger partial charge < -0.3 is 4.74 Å². The molecule has 0 saturated heterocycles. The second-order valence-corrected chi connectivity index (χ2v) is 6.35. The number of H-pyrrole nitrogens is 1. The van der Waals surface area contributed by atoms with Gasteiger partial charge in [0.1, 0.15) is 11.7 Å². The van der Waals surface area contributed by atoms with Crippen LogP contribution in [-0.2, 0) is 9.53 Å². The molecule has 1 fully saturated rings. The van der Waals surface area contributed by atoms with Gasteiger partial charge >= 0.3 is 5.97 Å². The number of aromatic amines is 1. The first kappa shape index (κ1) is 16.0. The number of rotatable bonds is 6. The van der Waals surface area contributed by atoms with Crippen molar-refractivity contribution in [2.24, 2.45) is 5.92 Å². The van der Waals surface area contributed by atoms with Gasteiger partial charge in [0, 0.05) is 5.92 Å². The molecule has 1 aromatic heterocycles. The molecule has 2 rings (SSSR count). The van der Waals surface area contributed by atoms with Gasteiger partial charge in [0.2, 0.25) is 0 Å². The first-order chi connectivity index (χ1) is 10.1. The minimum atomic E-state index is -0.349. The van der Waals surface area contributed by atoms with Crippen molar-refractivity contribution >= 4 is 5.97 Å². The third-order valence-corrected chi connectivity index (χ3v) is 4.10. The third-order valence-electron chi connectivity index (χ3n) is 4.10. The van der Waals surface area contributed by atoms with Gasteiger partial charge in [0.25, 0.3) is 0 Å². The van der Waals surface area contributed by atoms with Gasteiger partial charge in [-0.2, -0.15) is 5.10 Å². The average Bonchev–Trinajstić information content (AvgIpc) is 2.95. The Morgan fingerprint density at radius 1 is 1.33 bits per heavy atom. The Bertz CT molecular complexity index is 450. The number of carbonyl (C=O) groups excluding carboxylic acids is 1. The molecule has 0 aliphatic heterocycles. The second-order valence-electron chi connectivity index (χ2n) is 6.35. The van der Waals surface area contributed by atoms with E-state index in [1.54, 1.807) is 0 Å². The van der Waals surface area contributed by atoms with Gasteiger partial charge in [-0.3, -0.25) is 9.89 Å². The van der Waals surface area contributed by atoms with Gasteiger partial charge in [0.05, 0.1) is 6.61 Å². The lowest BCUT2D eigenvalue weighted by molar-refractivity contribution is -0.145. The lowest BCUT2D eigenvalue weighted by Gasteiger charge is -2.18. The normalized spacial score (nSPS) is 17.9. The first-order valence-electron chi connectivity index (χ1n) is 8.20. The molecule has 5 heteroatoms. The van der Waals surface area contributed by atoms with Crippen LogP contribution in [0.15, 0.2) is 0 Å². The maximum Gasteiger partial charge on any atom is 0.316 e. The van der Waals surface area contributed by atoms with Crippen LogP contribution in [0, 0.1) is 5.92 Å². The zero-order chi connectivity index (χ0) is 15.2. The van der Waals surface area contributed by atoms with Gasteiger partial charge in [-0.1, -0.05) is 33.1 Å². The van der Waals surface area contributed by atoms with E-state index >= 15 is 0 Å². The molecular weight excluding hydrogens is 266 g/mol. The smallest absolute Gasteiger partial charge is 0.316 e. The Labute approximate surface area is 126 Å². The number of hydrogen-bond acceptors (Lipinski definition) is 4. The van der Waals surface area contributed by atoms with Crippen LogP contribution < -0.4 is 0 Å². The average molecular weight is 293 g/mol. The number of esters is 1. The summed E-state index contributed by atoms with van der Waals surface area (Å²) >= 11 is 0. The summed E-state index contributed by atoms with van der Waals surface area (Å²) in [6, 6.07) is 0. The highest BCUT2D eigenvalue weighted by Crippen LogP contribution is 2.31. The van der Waals surface area contributed by atoms with E-state index in [1.165, 1.54) is 32.1 Å². The largest absolute Gasteiger partial charge is 0.465 e. The number of hydrogen-bond donors (Lipinski definition) is 1. The molecule has 0 aromatic carbocycles. The number of nitrogens with one attached hydrogen (secondary N) is 1. The Balaban J connectivity index is 2.12. The van der Waals surface area contributed by atoms with E-state index in [-0.39, 0.29) is 11.9 Å². The second kappa shape index (κ2) is 7.57. The van der Waals surface area contributed by atoms with Gasteiger partial charge in [-0.05, 0) is 32.1 Å². The molecule has 0 amide bonds. The summed E-state index contributed by atoms with van der Waals surface area (Å²) in [5, 5.41) is 7.37. The van der Waals surface area contributed by atoms with E-state index in [0.29, 0.717) is 24.3 Å². The summed E-state index contributed by atoms with van der Waals surface area (Å²) in [5.74, 6) is 1.86. The van der Waals surface area contributed by atoms with Crippen LogP contribution in [0.25, 0.3) is 0 Å². The number of aromatic nitrogens is 3. The summed E-state index contributed by atoms with van der Waals surface area (Å²) in [6.07, 6.45) is 6.89. The highest BCUT2D eigenvalue weighted by atomic mass is 16.5. The molecule has 21 heavy (non-hydrogen) atoms. The van der Waals surface area contributed by atoms with Gasteiger partial charge in [-0.15, -0.1) is 0 Å². The number of ether oxygens (including phenoxy) is 1. The minimum absolute atomic E-state index is 0.208. The van der Waals surface area contributed by atoms with Crippen molar-refractivity contribution in [1.29, 1.82) is 0 Å². The summed E-state index contributed by atoms with van der Waals surface area (Å²) in [5.41, 5.74) is 0. The predicted molar refractivity (Wildman–Crippen MR) is 81.0 cm³/mol. The van der Waals surface area contributed by atoms with Gasteiger partial charge in [0.15, 0.2) is 5.82 Å². The fourth-order valence-corrected chi connectivity index (χ4v) is 3.02. The van der Waals surface area contributed by atoms with Crippen LogP contribution in [-0.4, -0.2) is 27.8 Å². The van der Waals surface area contributed by atoms with E-state index < -0.39 is 0 Å². The molecule has 1 heterocycles. The molecule has 5 nitrogen and oxygen atoms in total. The monoisotopic (exact) mass is 293 g/mol. The zero-order valence-electron chi connectivity index (χ0n) is 13.4. The SMILES string of the molecule is CCOC(=O)C(CC(C)C)c1n[nH]c(C2CCCCC2)n1. The molecule has 1 N–H and O–H groups in total. The maximum absolute atomic E-state index is 12.1. The highest BCUT2D eigenvalue weighted by Gasteiger charge is 2.28. The van der Waals surface area contributed by atoms with Crippen molar-refractivity contribution in [2.75, 3.05) is 6.61 Å². The van der Waals surface area contributed by atoms with Gasteiger partial charge in [-0.25, -0.2) is 4.98 Å². The molecule has 1 aliphatic carbocycles. The van der Waals surface area contributed by atoms with Crippen molar-refractivity contribution < 1.29 is 9.53 Å². The molecule has 0 radical (unpaired) electrons. The van der Waals surface area contributed by atoms with E-state index in [2.05, 4.69) is 29.0 Å². The molecule has 1 saturated carbocycles. The molecule has 1 unspecified atom stereocenters. The van der Waals surface area contributed by atoms with Crippen molar-refractivity contribution in [2.45, 2.75) is 71.1 Å². The minimum Gasteiger partial charge on any atom is -0.465 e. The zero-order valence-corrected chi connectivity index (χ0v) is 13.4. The molecule has 1 aromatic rings. The summed E-state index contributed by atoms with van der Waals surface area (Å²) in [7, 11) is 0. The number of nitrogens with zero attached hydrogens (tertiary/aromatic N) is 2. The molecule has 1 aliphatic rings. The third kappa shape index (κ3) is 4.29. The topological polar surface area (TPSA) is 67.9 Å². The van der Waals surface area contributed by atoms with E-state index in [0.717, 1.165) is 12.2 Å². The fourth-order valence-electron chi connectivity index (χ4n) is 3.02. The van der Waals surface area contributed by atoms with Crippen LogP contribution in [0.3, 0.4) is 0 Å². The van der Waals surface area contributed by atoms with Crippen LogP contribution in [0.1, 0.15) is 82.8 Å². The summed E-state index contributed by atoms with van der Waals surface area (Å²) in [4.78, 5) is 16.8. The van der Waals surface area contributed by atoms with Crippen molar-refractivity contribution in [3.8, 4) is 0 Å². The highest BCUT2D eigenvalue weighted by molar-refractivity contribution is 5.77. The number of carbonyl (C=O) groups is 1. The Morgan fingerprint density at radius 3 is 2.67 bits per heavy atom. The first-order valence-corrected chi connectivity index (χ1v) is 8.20. The predicted octanol–water partition coefficient (Wildman–Crippen LogP) is 3.55. The standard InChI is InChI=1S/C16H27N3O2/c1-4-21-16(20)13(10-11(2)3)15-17-14(18-19-15)12-8-6-5-7-9-12/h11-13H,4-10H2,1-3H3,(H,17,18,19). The Kier molecular flexibility index (Phi) is 5.76. The molecule has 1 atom stereocenters. The lowest BCUT2D eigenvalue weighted by atomic mass is 9.89. The fraction of sp³-hybridized carbons (Fsp3) is 0.812. The van der Waals surface area contributed by atoms with Crippen LogP contribution in [0.5, 0.6) is 0 Å². The summed E-state index contributed by atoms with van der Waals surface area (Å²) < 4.78 is 5.18. The Hall–Kier alpha value is -1.39. The van der Waals surface area contributed by atoms with Crippen LogP contribution in [0.4, 0.5) is 0 Å². The van der Waals surface area contributed by atoms with Crippen molar-refractivity contribution in [3.05, 3.63) is 11.6 Å². The Morgan fingerprint density at radius 2 is 2.05 bits per heavy atom. The lowest BCUT2D eigenvalue weighted by Crippen LogP contribution is -2.19. The molecule has 118 valence electrons. The molecule has 0 spiro atoms.